The molecule has 0 aliphatic rings. The number of nitrogens with zero attached hydrogens (tertiary/aromatic N) is 1. The fourth-order valence-corrected chi connectivity index (χ4v) is 1.82. The lowest BCUT2D eigenvalue weighted by Gasteiger charge is -2.12. The Morgan fingerprint density at radius 2 is 1.86 bits per heavy atom. The van der Waals surface area contributed by atoms with Gasteiger partial charge in [0.15, 0.2) is 23.1 Å². The second-order valence-electron chi connectivity index (χ2n) is 4.56. The maximum atomic E-state index is 14.0. The van der Waals surface area contributed by atoms with Gasteiger partial charge in [-0.2, -0.15) is 5.26 Å². The van der Waals surface area contributed by atoms with Gasteiger partial charge >= 0.3 is 0 Å². The third kappa shape index (κ3) is 3.30. The Hall–Kier alpha value is -2.58. The van der Waals surface area contributed by atoms with Gasteiger partial charge in [0.05, 0.1) is 18.7 Å². The molecule has 4 nitrogen and oxygen atoms in total. The summed E-state index contributed by atoms with van der Waals surface area (Å²) in [6, 6.07) is 11.0. The molecule has 2 aromatic carbocycles. The van der Waals surface area contributed by atoms with Crippen LogP contribution in [-0.2, 0) is 0 Å². The van der Waals surface area contributed by atoms with Crippen LogP contribution in [0.1, 0.15) is 24.1 Å². The maximum Gasteiger partial charge on any atom is 0.169 e. The normalized spacial score (nSPS) is 11.6. The van der Waals surface area contributed by atoms with Crippen LogP contribution in [0.15, 0.2) is 36.4 Å². The first-order valence-corrected chi connectivity index (χ1v) is 6.36. The predicted molar refractivity (Wildman–Crippen MR) is 76.8 cm³/mol. The van der Waals surface area contributed by atoms with Crippen molar-refractivity contribution in [1.82, 2.24) is 0 Å². The molecule has 1 atom stereocenters. The average molecular weight is 286 g/mol. The van der Waals surface area contributed by atoms with Crippen molar-refractivity contribution in [3.05, 3.63) is 53.3 Å². The van der Waals surface area contributed by atoms with Crippen LogP contribution in [0.2, 0.25) is 0 Å². The standard InChI is InChI=1S/C16H15FN2O2/c1-10(19)12-4-6-14(13(17)8-12)21-15-5-3-11(9-18)7-16(15)20-2/h3-8,10H,19H2,1-2H3. The van der Waals surface area contributed by atoms with E-state index < -0.39 is 5.82 Å². The lowest BCUT2D eigenvalue weighted by Crippen LogP contribution is -2.05. The summed E-state index contributed by atoms with van der Waals surface area (Å²) in [4.78, 5) is 0. The van der Waals surface area contributed by atoms with E-state index in [0.717, 1.165) is 0 Å². The Morgan fingerprint density at radius 3 is 2.43 bits per heavy atom. The molecule has 1 unspecified atom stereocenters. The van der Waals surface area contributed by atoms with Crippen molar-refractivity contribution in [2.45, 2.75) is 13.0 Å². The molecule has 2 rings (SSSR count). The molecule has 0 heterocycles. The number of rotatable bonds is 4. The second-order valence-corrected chi connectivity index (χ2v) is 4.56. The van der Waals surface area contributed by atoms with E-state index in [4.69, 9.17) is 20.5 Å². The van der Waals surface area contributed by atoms with Gasteiger partial charge in [0.2, 0.25) is 0 Å². The van der Waals surface area contributed by atoms with Crippen molar-refractivity contribution in [3.8, 4) is 23.3 Å². The first-order valence-electron chi connectivity index (χ1n) is 6.36. The highest BCUT2D eigenvalue weighted by molar-refractivity contribution is 5.48. The largest absolute Gasteiger partial charge is 0.493 e. The van der Waals surface area contributed by atoms with Crippen molar-refractivity contribution in [2.24, 2.45) is 5.73 Å². The minimum atomic E-state index is -0.504. The van der Waals surface area contributed by atoms with Crippen molar-refractivity contribution in [1.29, 1.82) is 5.26 Å². The maximum absolute atomic E-state index is 14.0. The minimum absolute atomic E-state index is 0.0717. The Balaban J connectivity index is 2.32. The Kier molecular flexibility index (Phi) is 4.41. The van der Waals surface area contributed by atoms with Crippen LogP contribution in [-0.4, -0.2) is 7.11 Å². The van der Waals surface area contributed by atoms with Gasteiger partial charge in [-0.25, -0.2) is 4.39 Å². The van der Waals surface area contributed by atoms with Crippen molar-refractivity contribution < 1.29 is 13.9 Å². The summed E-state index contributed by atoms with van der Waals surface area (Å²) in [6.45, 7) is 1.78. The van der Waals surface area contributed by atoms with E-state index in [2.05, 4.69) is 0 Å². The van der Waals surface area contributed by atoms with Crippen molar-refractivity contribution in [3.63, 3.8) is 0 Å². The number of nitriles is 1. The Morgan fingerprint density at radius 1 is 1.14 bits per heavy atom. The van der Waals surface area contributed by atoms with E-state index in [-0.39, 0.29) is 11.8 Å². The zero-order chi connectivity index (χ0) is 15.4. The molecule has 0 amide bonds. The van der Waals surface area contributed by atoms with E-state index >= 15 is 0 Å². The van der Waals surface area contributed by atoms with Gasteiger partial charge < -0.3 is 15.2 Å². The molecule has 0 fully saturated rings. The smallest absolute Gasteiger partial charge is 0.169 e. The van der Waals surface area contributed by atoms with Crippen LogP contribution in [0.3, 0.4) is 0 Å². The van der Waals surface area contributed by atoms with E-state index in [0.29, 0.717) is 22.6 Å². The monoisotopic (exact) mass is 286 g/mol. The van der Waals surface area contributed by atoms with E-state index in [1.807, 2.05) is 6.07 Å². The second kappa shape index (κ2) is 6.25. The number of hydrogen-bond acceptors (Lipinski definition) is 4. The van der Waals surface area contributed by atoms with E-state index in [1.165, 1.54) is 25.3 Å². The third-order valence-electron chi connectivity index (χ3n) is 2.99. The summed E-state index contributed by atoms with van der Waals surface area (Å²) in [5.41, 5.74) is 6.83. The molecule has 0 bridgehead atoms. The number of methoxy groups -OCH3 is 1. The molecular weight excluding hydrogens is 271 g/mol. The molecule has 21 heavy (non-hydrogen) atoms. The van der Waals surface area contributed by atoms with Gasteiger partial charge in [-0.15, -0.1) is 0 Å². The van der Waals surface area contributed by atoms with Gasteiger partial charge in [0.1, 0.15) is 0 Å². The summed E-state index contributed by atoms with van der Waals surface area (Å²) in [5.74, 6) is 0.271. The van der Waals surface area contributed by atoms with Gasteiger partial charge in [0, 0.05) is 12.1 Å². The van der Waals surface area contributed by atoms with Crippen LogP contribution >= 0.6 is 0 Å². The van der Waals surface area contributed by atoms with Gasteiger partial charge in [-0.05, 0) is 36.8 Å². The zero-order valence-electron chi connectivity index (χ0n) is 11.8. The van der Waals surface area contributed by atoms with Crippen molar-refractivity contribution >= 4 is 0 Å². The Bertz CT molecular complexity index is 693. The van der Waals surface area contributed by atoms with Crippen LogP contribution in [0.4, 0.5) is 4.39 Å². The molecular formula is C16H15FN2O2. The molecule has 0 saturated heterocycles. The number of halogens is 1. The molecule has 0 aliphatic heterocycles. The SMILES string of the molecule is COc1cc(C#N)ccc1Oc1ccc(C(C)N)cc1F. The van der Waals surface area contributed by atoms with Crippen LogP contribution in [0.25, 0.3) is 0 Å². The van der Waals surface area contributed by atoms with Gasteiger partial charge in [-0.1, -0.05) is 6.07 Å². The highest BCUT2D eigenvalue weighted by Crippen LogP contribution is 2.33. The highest BCUT2D eigenvalue weighted by atomic mass is 19.1. The lowest BCUT2D eigenvalue weighted by molar-refractivity contribution is 0.370. The fraction of sp³-hybridized carbons (Fsp3) is 0.188. The number of nitrogens with two attached hydrogens (primary N) is 1. The number of benzene rings is 2. The minimum Gasteiger partial charge on any atom is -0.493 e. The molecule has 0 aromatic heterocycles. The summed E-state index contributed by atoms with van der Waals surface area (Å²) in [6.07, 6.45) is 0. The van der Waals surface area contributed by atoms with Crippen LogP contribution in [0, 0.1) is 17.1 Å². The summed E-state index contributed by atoms with van der Waals surface area (Å²) >= 11 is 0. The van der Waals surface area contributed by atoms with Crippen LogP contribution in [0.5, 0.6) is 17.2 Å². The lowest BCUT2D eigenvalue weighted by atomic mass is 10.1. The predicted octanol–water partition coefficient (Wildman–Crippen LogP) is 3.52. The summed E-state index contributed by atoms with van der Waals surface area (Å²) in [5, 5.41) is 8.85. The summed E-state index contributed by atoms with van der Waals surface area (Å²) in [7, 11) is 1.46. The molecule has 0 saturated carbocycles. The fourth-order valence-electron chi connectivity index (χ4n) is 1.82. The molecule has 0 spiro atoms. The number of hydrogen-bond donors (Lipinski definition) is 1. The highest BCUT2D eigenvalue weighted by Gasteiger charge is 2.12. The zero-order valence-corrected chi connectivity index (χ0v) is 11.8. The molecule has 2 aromatic rings. The number of ether oxygens (including phenoxy) is 2. The topological polar surface area (TPSA) is 68.3 Å². The molecule has 0 radical (unpaired) electrons. The molecule has 2 N–H and O–H groups in total. The summed E-state index contributed by atoms with van der Waals surface area (Å²) < 4.78 is 24.7. The average Bonchev–Trinajstić information content (AvgIpc) is 2.49. The Labute approximate surface area is 122 Å². The van der Waals surface area contributed by atoms with Crippen molar-refractivity contribution in [2.75, 3.05) is 7.11 Å². The van der Waals surface area contributed by atoms with Gasteiger partial charge in [0.25, 0.3) is 0 Å². The quantitative estimate of drug-likeness (QED) is 0.933. The van der Waals surface area contributed by atoms with E-state index in [1.54, 1.807) is 25.1 Å². The first-order chi connectivity index (χ1) is 10.0. The molecule has 5 heteroatoms. The molecule has 108 valence electrons. The molecule has 0 aliphatic carbocycles. The first kappa shape index (κ1) is 14.8. The van der Waals surface area contributed by atoms with Gasteiger partial charge in [-0.3, -0.25) is 0 Å². The van der Waals surface area contributed by atoms with Crippen LogP contribution < -0.4 is 15.2 Å². The van der Waals surface area contributed by atoms with E-state index in [9.17, 15) is 4.39 Å². The third-order valence-corrected chi connectivity index (χ3v) is 2.99.